The zero-order chi connectivity index (χ0) is 14.7. The summed E-state index contributed by atoms with van der Waals surface area (Å²) in [5, 5.41) is 0. The number of aromatic nitrogens is 1. The van der Waals surface area contributed by atoms with Crippen LogP contribution in [0.15, 0.2) is 34.9 Å². The summed E-state index contributed by atoms with van der Waals surface area (Å²) in [6, 6.07) is 4.98. The Kier molecular flexibility index (Phi) is 4.19. The van der Waals surface area contributed by atoms with Gasteiger partial charge in [-0.2, -0.15) is 0 Å². The Morgan fingerprint density at radius 3 is 2.80 bits per heavy atom. The summed E-state index contributed by atoms with van der Waals surface area (Å²) in [6.07, 6.45) is 1.45. The Labute approximate surface area is 122 Å². The predicted molar refractivity (Wildman–Crippen MR) is 74.2 cm³/mol. The van der Waals surface area contributed by atoms with Crippen molar-refractivity contribution in [3.05, 3.63) is 46.3 Å². The summed E-state index contributed by atoms with van der Waals surface area (Å²) in [7, 11) is 1.23. The van der Waals surface area contributed by atoms with Gasteiger partial charge in [-0.3, -0.25) is 0 Å². The molecule has 1 aromatic carbocycles. The van der Waals surface area contributed by atoms with E-state index in [0.29, 0.717) is 10.2 Å². The average Bonchev–Trinajstić information content (AvgIpc) is 2.42. The van der Waals surface area contributed by atoms with Crippen molar-refractivity contribution in [2.24, 2.45) is 0 Å². The van der Waals surface area contributed by atoms with E-state index in [9.17, 15) is 9.18 Å². The third-order valence-corrected chi connectivity index (χ3v) is 3.01. The van der Waals surface area contributed by atoms with Crippen LogP contribution in [0.3, 0.4) is 0 Å². The SMILES string of the molecule is COC(=O)c1ccc(F)cc1Oc1cc(N)ncc1Br. The molecule has 2 aromatic rings. The zero-order valence-electron chi connectivity index (χ0n) is 10.4. The van der Waals surface area contributed by atoms with Gasteiger partial charge in [-0.25, -0.2) is 14.2 Å². The van der Waals surface area contributed by atoms with Gasteiger partial charge in [0.25, 0.3) is 0 Å². The van der Waals surface area contributed by atoms with Gasteiger partial charge in [-0.05, 0) is 28.1 Å². The molecule has 0 aliphatic heterocycles. The normalized spacial score (nSPS) is 10.2. The van der Waals surface area contributed by atoms with Crippen molar-refractivity contribution in [2.45, 2.75) is 0 Å². The summed E-state index contributed by atoms with van der Waals surface area (Å²) in [5.41, 5.74) is 5.66. The molecule has 0 atom stereocenters. The number of hydrogen-bond donors (Lipinski definition) is 1. The van der Waals surface area contributed by atoms with Crippen molar-refractivity contribution in [1.82, 2.24) is 4.98 Å². The summed E-state index contributed by atoms with van der Waals surface area (Å²) in [4.78, 5) is 15.5. The maximum Gasteiger partial charge on any atom is 0.341 e. The second-order valence-corrected chi connectivity index (χ2v) is 4.63. The van der Waals surface area contributed by atoms with Crippen molar-refractivity contribution in [2.75, 3.05) is 12.8 Å². The van der Waals surface area contributed by atoms with Gasteiger partial charge in [0.1, 0.15) is 28.7 Å². The number of rotatable bonds is 3. The second kappa shape index (κ2) is 5.87. The highest BCUT2D eigenvalue weighted by atomic mass is 79.9. The maximum atomic E-state index is 13.3. The largest absolute Gasteiger partial charge is 0.465 e. The Bertz CT molecular complexity index is 664. The number of anilines is 1. The van der Waals surface area contributed by atoms with Gasteiger partial charge in [-0.15, -0.1) is 0 Å². The molecule has 0 radical (unpaired) electrons. The van der Waals surface area contributed by atoms with Crippen LogP contribution in [0.1, 0.15) is 10.4 Å². The quantitative estimate of drug-likeness (QED) is 0.868. The fraction of sp³-hybridized carbons (Fsp3) is 0.0769. The second-order valence-electron chi connectivity index (χ2n) is 3.77. The Hall–Kier alpha value is -2.15. The van der Waals surface area contributed by atoms with Crippen LogP contribution in [0.2, 0.25) is 0 Å². The molecule has 0 unspecified atom stereocenters. The molecule has 0 saturated heterocycles. The number of nitrogen functional groups attached to an aromatic ring is 1. The van der Waals surface area contributed by atoms with E-state index < -0.39 is 11.8 Å². The maximum absolute atomic E-state index is 13.3. The Morgan fingerprint density at radius 1 is 1.35 bits per heavy atom. The molecule has 0 bridgehead atoms. The monoisotopic (exact) mass is 340 g/mol. The van der Waals surface area contributed by atoms with E-state index >= 15 is 0 Å². The number of pyridine rings is 1. The van der Waals surface area contributed by atoms with E-state index in [-0.39, 0.29) is 17.1 Å². The number of ether oxygens (including phenoxy) is 2. The lowest BCUT2D eigenvalue weighted by Gasteiger charge is -2.11. The van der Waals surface area contributed by atoms with Gasteiger partial charge < -0.3 is 15.2 Å². The third kappa shape index (κ3) is 3.05. The van der Waals surface area contributed by atoms with E-state index in [0.717, 1.165) is 12.1 Å². The van der Waals surface area contributed by atoms with Crippen LogP contribution >= 0.6 is 15.9 Å². The van der Waals surface area contributed by atoms with Crippen molar-refractivity contribution in [1.29, 1.82) is 0 Å². The lowest BCUT2D eigenvalue weighted by molar-refractivity contribution is 0.0598. The van der Waals surface area contributed by atoms with Crippen LogP contribution in [0.5, 0.6) is 11.5 Å². The molecule has 20 heavy (non-hydrogen) atoms. The first-order valence-corrected chi connectivity index (χ1v) is 6.27. The summed E-state index contributed by atoms with van der Waals surface area (Å²) < 4.78 is 24.0. The summed E-state index contributed by atoms with van der Waals surface area (Å²) in [5.74, 6) is -0.584. The van der Waals surface area contributed by atoms with Gasteiger partial charge in [0, 0.05) is 18.3 Å². The molecule has 2 N–H and O–H groups in total. The fourth-order valence-electron chi connectivity index (χ4n) is 1.49. The minimum atomic E-state index is -0.627. The van der Waals surface area contributed by atoms with E-state index in [2.05, 4.69) is 25.7 Å². The molecular weight excluding hydrogens is 331 g/mol. The molecule has 1 heterocycles. The van der Waals surface area contributed by atoms with Crippen LogP contribution in [-0.4, -0.2) is 18.1 Å². The van der Waals surface area contributed by atoms with Gasteiger partial charge in [0.2, 0.25) is 0 Å². The molecular formula is C13H10BrFN2O3. The van der Waals surface area contributed by atoms with Crippen LogP contribution < -0.4 is 10.5 Å². The molecule has 5 nitrogen and oxygen atoms in total. The standard InChI is InChI=1S/C13H10BrFN2O3/c1-19-13(18)8-3-2-7(15)4-10(8)20-11-5-12(16)17-6-9(11)14/h2-6H,1H3,(H2,16,17). The smallest absolute Gasteiger partial charge is 0.341 e. The number of carbonyl (C=O) groups excluding carboxylic acids is 1. The average molecular weight is 341 g/mol. The molecule has 0 saturated carbocycles. The number of benzene rings is 1. The number of carbonyl (C=O) groups is 1. The zero-order valence-corrected chi connectivity index (χ0v) is 12.0. The van der Waals surface area contributed by atoms with Crippen LogP contribution in [-0.2, 0) is 4.74 Å². The van der Waals surface area contributed by atoms with Gasteiger partial charge in [-0.1, -0.05) is 0 Å². The first-order valence-electron chi connectivity index (χ1n) is 5.48. The number of esters is 1. The molecule has 2 rings (SSSR count). The number of hydrogen-bond acceptors (Lipinski definition) is 5. The van der Waals surface area contributed by atoms with E-state index in [4.69, 9.17) is 10.5 Å². The number of methoxy groups -OCH3 is 1. The highest BCUT2D eigenvalue weighted by molar-refractivity contribution is 9.10. The molecule has 7 heteroatoms. The lowest BCUT2D eigenvalue weighted by Crippen LogP contribution is -2.04. The van der Waals surface area contributed by atoms with Gasteiger partial charge >= 0.3 is 5.97 Å². The van der Waals surface area contributed by atoms with Crippen molar-refractivity contribution >= 4 is 27.7 Å². The lowest BCUT2D eigenvalue weighted by atomic mass is 10.2. The minimum absolute atomic E-state index is 0.0307. The predicted octanol–water partition coefficient (Wildman–Crippen LogP) is 3.14. The number of halogens is 2. The summed E-state index contributed by atoms with van der Waals surface area (Å²) >= 11 is 3.23. The van der Waals surface area contributed by atoms with Crippen LogP contribution in [0, 0.1) is 5.82 Å². The Balaban J connectivity index is 2.44. The molecule has 0 aliphatic rings. The molecule has 1 aromatic heterocycles. The first-order chi connectivity index (χ1) is 9.51. The van der Waals surface area contributed by atoms with Gasteiger partial charge in [0.05, 0.1) is 11.6 Å². The molecule has 104 valence electrons. The number of nitrogens with two attached hydrogens (primary N) is 1. The van der Waals surface area contributed by atoms with E-state index in [1.54, 1.807) is 0 Å². The fourth-order valence-corrected chi connectivity index (χ4v) is 1.79. The van der Waals surface area contributed by atoms with Crippen LogP contribution in [0.4, 0.5) is 10.2 Å². The van der Waals surface area contributed by atoms with Crippen molar-refractivity contribution < 1.29 is 18.7 Å². The topological polar surface area (TPSA) is 74.4 Å². The Morgan fingerprint density at radius 2 is 2.10 bits per heavy atom. The molecule has 0 spiro atoms. The molecule has 0 amide bonds. The molecule has 0 aliphatic carbocycles. The van der Waals surface area contributed by atoms with E-state index in [1.807, 2.05) is 0 Å². The molecule has 0 fully saturated rings. The highest BCUT2D eigenvalue weighted by Crippen LogP contribution is 2.32. The minimum Gasteiger partial charge on any atom is -0.465 e. The van der Waals surface area contributed by atoms with E-state index in [1.165, 1.54) is 25.4 Å². The highest BCUT2D eigenvalue weighted by Gasteiger charge is 2.16. The summed E-state index contributed by atoms with van der Waals surface area (Å²) in [6.45, 7) is 0. The number of nitrogens with zero attached hydrogens (tertiary/aromatic N) is 1. The van der Waals surface area contributed by atoms with Gasteiger partial charge in [0.15, 0.2) is 0 Å². The van der Waals surface area contributed by atoms with Crippen LogP contribution in [0.25, 0.3) is 0 Å². The van der Waals surface area contributed by atoms with Crippen molar-refractivity contribution in [3.8, 4) is 11.5 Å². The third-order valence-electron chi connectivity index (χ3n) is 2.41. The van der Waals surface area contributed by atoms with Crippen molar-refractivity contribution in [3.63, 3.8) is 0 Å². The first kappa shape index (κ1) is 14.3.